The van der Waals surface area contributed by atoms with E-state index in [1.165, 1.54) is 6.20 Å². The third-order valence-electron chi connectivity index (χ3n) is 4.06. The molecule has 0 atom stereocenters. The van der Waals surface area contributed by atoms with Gasteiger partial charge in [-0.05, 0) is 35.4 Å². The molecular formula is C20H20F5N5. The maximum Gasteiger partial charge on any atom is 0.454 e. The van der Waals surface area contributed by atoms with Crippen molar-refractivity contribution in [2.45, 2.75) is 18.6 Å². The molecule has 0 aliphatic rings. The first-order valence-corrected chi connectivity index (χ1v) is 8.72. The number of anilines is 1. The molecule has 30 heavy (non-hydrogen) atoms. The van der Waals surface area contributed by atoms with Gasteiger partial charge in [-0.2, -0.15) is 22.0 Å². The Morgan fingerprint density at radius 2 is 1.80 bits per heavy atom. The Hall–Kier alpha value is -3.27. The van der Waals surface area contributed by atoms with E-state index in [4.69, 9.17) is 11.1 Å². The highest BCUT2D eigenvalue weighted by atomic mass is 19.4. The molecule has 1 aromatic carbocycles. The number of nitrogens with one attached hydrogen (secondary N) is 3. The first-order valence-electron chi connectivity index (χ1n) is 8.72. The van der Waals surface area contributed by atoms with Crippen molar-refractivity contribution in [2.75, 3.05) is 11.9 Å². The van der Waals surface area contributed by atoms with Crippen LogP contribution in [0.3, 0.4) is 0 Å². The Morgan fingerprint density at radius 1 is 1.10 bits per heavy atom. The maximum absolute atomic E-state index is 12.9. The number of nitrogens with two attached hydrogens (primary N) is 1. The van der Waals surface area contributed by atoms with E-state index in [2.05, 4.69) is 15.6 Å². The summed E-state index contributed by atoms with van der Waals surface area (Å²) in [6, 6.07) is 8.27. The van der Waals surface area contributed by atoms with E-state index < -0.39 is 18.6 Å². The molecule has 1 aromatic heterocycles. The number of hydrogen-bond acceptors (Lipinski definition) is 5. The van der Waals surface area contributed by atoms with Crippen LogP contribution in [0.25, 0.3) is 11.6 Å². The average molecular weight is 425 g/mol. The fourth-order valence-corrected chi connectivity index (χ4v) is 2.43. The molecule has 0 spiro atoms. The van der Waals surface area contributed by atoms with Gasteiger partial charge in [0.15, 0.2) is 0 Å². The smallest absolute Gasteiger partial charge is 0.404 e. The summed E-state index contributed by atoms with van der Waals surface area (Å²) in [5, 5.41) is 12.5. The number of halogens is 5. The maximum atomic E-state index is 12.9. The van der Waals surface area contributed by atoms with Gasteiger partial charge in [-0.15, -0.1) is 0 Å². The van der Waals surface area contributed by atoms with E-state index in [9.17, 15) is 22.0 Å². The Labute approximate surface area is 170 Å². The Balaban J connectivity index is 1.94. The van der Waals surface area contributed by atoms with E-state index in [0.29, 0.717) is 16.8 Å². The number of rotatable bonds is 9. The van der Waals surface area contributed by atoms with Crippen LogP contribution in [0.5, 0.6) is 0 Å². The molecule has 0 bridgehead atoms. The standard InChI is InChI=1S/C20H20F5N5/c21-19(22,20(23,24)25)13-29-11-14-1-3-17(4-2-14)30-8-5-15-12-28-7-6-18(15)16(9-26)10-27/h1-10,12,26,29-30H,11,13,27H2/b8-5+,16-10+,26-9?. The van der Waals surface area contributed by atoms with Crippen LogP contribution in [0.4, 0.5) is 27.6 Å². The quantitative estimate of drug-likeness (QED) is 0.354. The lowest BCUT2D eigenvalue weighted by molar-refractivity contribution is -0.279. The number of nitrogens with zero attached hydrogens (tertiary/aromatic N) is 1. The Kier molecular flexibility index (Phi) is 7.65. The van der Waals surface area contributed by atoms with Crippen LogP contribution in [0.1, 0.15) is 16.7 Å². The number of hydrogen-bond donors (Lipinski definition) is 4. The minimum atomic E-state index is -5.58. The molecule has 2 aromatic rings. The van der Waals surface area contributed by atoms with Gasteiger partial charge in [-0.25, -0.2) is 0 Å². The third kappa shape index (κ3) is 6.11. The van der Waals surface area contributed by atoms with Gasteiger partial charge >= 0.3 is 12.1 Å². The second kappa shape index (κ2) is 9.97. The van der Waals surface area contributed by atoms with Crippen molar-refractivity contribution in [1.82, 2.24) is 10.3 Å². The van der Waals surface area contributed by atoms with Crippen LogP contribution in [-0.4, -0.2) is 29.8 Å². The van der Waals surface area contributed by atoms with Crippen LogP contribution in [0, 0.1) is 5.41 Å². The second-order valence-corrected chi connectivity index (χ2v) is 6.21. The first kappa shape index (κ1) is 23.0. The molecule has 10 heteroatoms. The number of alkyl halides is 5. The minimum absolute atomic E-state index is 0.126. The molecule has 160 valence electrons. The summed E-state index contributed by atoms with van der Waals surface area (Å²) in [7, 11) is 0. The number of aromatic nitrogens is 1. The van der Waals surface area contributed by atoms with Crippen molar-refractivity contribution in [2.24, 2.45) is 5.73 Å². The molecule has 5 nitrogen and oxygen atoms in total. The predicted octanol–water partition coefficient (Wildman–Crippen LogP) is 4.40. The lowest BCUT2D eigenvalue weighted by Crippen LogP contribution is -2.45. The van der Waals surface area contributed by atoms with E-state index >= 15 is 0 Å². The molecule has 2 rings (SSSR count). The SMILES string of the molecule is N=C/C(=C\N)c1ccncc1/C=C/Nc1ccc(CNCC(F)(F)C(F)(F)F)cc1. The fourth-order valence-electron chi connectivity index (χ4n) is 2.43. The number of pyridine rings is 1. The lowest BCUT2D eigenvalue weighted by Gasteiger charge is -2.19. The van der Waals surface area contributed by atoms with E-state index in [-0.39, 0.29) is 6.54 Å². The predicted molar refractivity (Wildman–Crippen MR) is 107 cm³/mol. The molecule has 5 N–H and O–H groups in total. The van der Waals surface area contributed by atoms with Gasteiger partial charge in [0.2, 0.25) is 0 Å². The molecule has 0 saturated heterocycles. The van der Waals surface area contributed by atoms with Crippen LogP contribution >= 0.6 is 0 Å². The summed E-state index contributed by atoms with van der Waals surface area (Å²) < 4.78 is 62.1. The van der Waals surface area contributed by atoms with E-state index in [1.807, 2.05) is 0 Å². The monoisotopic (exact) mass is 425 g/mol. The van der Waals surface area contributed by atoms with Crippen LogP contribution < -0.4 is 16.4 Å². The highest BCUT2D eigenvalue weighted by Crippen LogP contribution is 2.34. The van der Waals surface area contributed by atoms with Crippen LogP contribution in [0.2, 0.25) is 0 Å². The van der Waals surface area contributed by atoms with Gasteiger partial charge in [0.1, 0.15) is 0 Å². The zero-order valence-electron chi connectivity index (χ0n) is 15.7. The third-order valence-corrected chi connectivity index (χ3v) is 4.06. The molecule has 1 heterocycles. The Bertz CT molecular complexity index is 905. The van der Waals surface area contributed by atoms with Crippen molar-refractivity contribution in [3.05, 3.63) is 71.8 Å². The average Bonchev–Trinajstić information content (AvgIpc) is 2.70. The summed E-state index contributed by atoms with van der Waals surface area (Å²) in [5.41, 5.74) is 8.76. The molecule has 0 unspecified atom stereocenters. The van der Waals surface area contributed by atoms with E-state index in [0.717, 1.165) is 17.3 Å². The molecule has 0 aliphatic heterocycles. The van der Waals surface area contributed by atoms with Crippen molar-refractivity contribution in [3.63, 3.8) is 0 Å². The molecular weight excluding hydrogens is 405 g/mol. The summed E-state index contributed by atoms with van der Waals surface area (Å²) >= 11 is 0. The van der Waals surface area contributed by atoms with E-state index in [1.54, 1.807) is 55.0 Å². The van der Waals surface area contributed by atoms with Gasteiger partial charge in [-0.3, -0.25) is 4.98 Å². The zero-order valence-corrected chi connectivity index (χ0v) is 15.7. The highest BCUT2D eigenvalue weighted by molar-refractivity contribution is 6.09. The van der Waals surface area contributed by atoms with Crippen molar-refractivity contribution in [1.29, 1.82) is 5.41 Å². The van der Waals surface area contributed by atoms with Crippen LogP contribution in [0.15, 0.2) is 55.1 Å². The lowest BCUT2D eigenvalue weighted by atomic mass is 10.0. The highest BCUT2D eigenvalue weighted by Gasteiger charge is 2.56. The van der Waals surface area contributed by atoms with Gasteiger partial charge in [-0.1, -0.05) is 12.1 Å². The van der Waals surface area contributed by atoms with Crippen LogP contribution in [-0.2, 0) is 6.54 Å². The van der Waals surface area contributed by atoms with Gasteiger partial charge < -0.3 is 21.8 Å². The van der Waals surface area contributed by atoms with Crippen molar-refractivity contribution >= 4 is 23.6 Å². The number of allylic oxidation sites excluding steroid dienone is 1. The second-order valence-electron chi connectivity index (χ2n) is 6.21. The molecule has 0 amide bonds. The zero-order chi connectivity index (χ0) is 22.2. The largest absolute Gasteiger partial charge is 0.454 e. The first-order chi connectivity index (χ1) is 14.2. The van der Waals surface area contributed by atoms with Gasteiger partial charge in [0.25, 0.3) is 0 Å². The summed E-state index contributed by atoms with van der Waals surface area (Å²) in [6.45, 7) is -1.61. The summed E-state index contributed by atoms with van der Waals surface area (Å²) in [6.07, 6.45) is 3.48. The molecule has 0 radical (unpaired) electrons. The molecule has 0 saturated carbocycles. The topological polar surface area (TPSA) is 86.8 Å². The Morgan fingerprint density at radius 3 is 2.40 bits per heavy atom. The van der Waals surface area contributed by atoms with Crippen molar-refractivity contribution in [3.8, 4) is 0 Å². The molecule has 0 aliphatic carbocycles. The van der Waals surface area contributed by atoms with Gasteiger partial charge in [0, 0.05) is 54.4 Å². The summed E-state index contributed by atoms with van der Waals surface area (Å²) in [5.74, 6) is -4.78. The van der Waals surface area contributed by atoms with Gasteiger partial charge in [0.05, 0.1) is 6.54 Å². The minimum Gasteiger partial charge on any atom is -0.404 e. The molecule has 0 fully saturated rings. The normalized spacial score (nSPS) is 12.9. The van der Waals surface area contributed by atoms with Crippen molar-refractivity contribution < 1.29 is 22.0 Å². The summed E-state index contributed by atoms with van der Waals surface area (Å²) in [4.78, 5) is 4.04. The fraction of sp³-hybridized carbons (Fsp3) is 0.200. The number of benzene rings is 1.